The first-order chi connectivity index (χ1) is 13.2. The number of amides is 1. The summed E-state index contributed by atoms with van der Waals surface area (Å²) in [6.07, 6.45) is 0.648. The van der Waals surface area contributed by atoms with Crippen LogP contribution in [-0.2, 0) is 17.7 Å². The van der Waals surface area contributed by atoms with Gasteiger partial charge in [0.25, 0.3) is 5.91 Å². The SMILES string of the molecule is O=C(NCc1ccc(CCOC(=O)c2ccccc2)cc1)c1ccccc1. The third-order valence-electron chi connectivity index (χ3n) is 4.15. The molecule has 0 heterocycles. The third-order valence-corrected chi connectivity index (χ3v) is 4.15. The number of benzene rings is 3. The number of nitrogens with one attached hydrogen (secondary N) is 1. The van der Waals surface area contributed by atoms with Gasteiger partial charge >= 0.3 is 5.97 Å². The first-order valence-electron chi connectivity index (χ1n) is 8.85. The Balaban J connectivity index is 1.43. The van der Waals surface area contributed by atoms with E-state index in [1.807, 2.05) is 60.7 Å². The van der Waals surface area contributed by atoms with Crippen LogP contribution in [0.3, 0.4) is 0 Å². The third kappa shape index (κ3) is 5.54. The fourth-order valence-electron chi connectivity index (χ4n) is 2.62. The molecule has 0 radical (unpaired) electrons. The number of ether oxygens (including phenoxy) is 1. The van der Waals surface area contributed by atoms with E-state index in [2.05, 4.69) is 5.32 Å². The van der Waals surface area contributed by atoms with Crippen LogP contribution in [0.1, 0.15) is 31.8 Å². The minimum absolute atomic E-state index is 0.0903. The summed E-state index contributed by atoms with van der Waals surface area (Å²) in [4.78, 5) is 23.9. The normalized spacial score (nSPS) is 10.2. The Labute approximate surface area is 158 Å². The average Bonchev–Trinajstić information content (AvgIpc) is 2.74. The molecule has 0 fully saturated rings. The number of carbonyl (C=O) groups is 2. The van der Waals surface area contributed by atoms with E-state index in [1.165, 1.54) is 0 Å². The fourth-order valence-corrected chi connectivity index (χ4v) is 2.62. The molecular formula is C23H21NO3. The van der Waals surface area contributed by atoms with Gasteiger partial charge in [-0.15, -0.1) is 0 Å². The van der Waals surface area contributed by atoms with Crippen molar-refractivity contribution in [3.63, 3.8) is 0 Å². The zero-order valence-electron chi connectivity index (χ0n) is 14.9. The van der Waals surface area contributed by atoms with Crippen LogP contribution in [0.15, 0.2) is 84.9 Å². The molecule has 0 bridgehead atoms. The predicted octanol–water partition coefficient (Wildman–Crippen LogP) is 4.02. The van der Waals surface area contributed by atoms with Crippen LogP contribution in [0.5, 0.6) is 0 Å². The van der Waals surface area contributed by atoms with Crippen LogP contribution in [0.2, 0.25) is 0 Å². The fraction of sp³-hybridized carbons (Fsp3) is 0.130. The second-order valence-electron chi connectivity index (χ2n) is 6.12. The molecule has 0 spiro atoms. The molecule has 0 aliphatic carbocycles. The van der Waals surface area contributed by atoms with Gasteiger partial charge in [0.1, 0.15) is 0 Å². The van der Waals surface area contributed by atoms with Crippen molar-refractivity contribution < 1.29 is 14.3 Å². The van der Waals surface area contributed by atoms with Crippen LogP contribution in [0.4, 0.5) is 0 Å². The molecule has 1 N–H and O–H groups in total. The number of hydrogen-bond donors (Lipinski definition) is 1. The average molecular weight is 359 g/mol. The summed E-state index contributed by atoms with van der Waals surface area (Å²) in [5, 5.41) is 2.90. The van der Waals surface area contributed by atoms with Gasteiger partial charge in [-0.3, -0.25) is 4.79 Å². The van der Waals surface area contributed by atoms with Crippen molar-refractivity contribution in [2.75, 3.05) is 6.61 Å². The summed E-state index contributed by atoms with van der Waals surface area (Å²) < 4.78 is 5.29. The molecule has 0 aliphatic rings. The Hall–Kier alpha value is -3.40. The minimum Gasteiger partial charge on any atom is -0.462 e. The summed E-state index contributed by atoms with van der Waals surface area (Å²) in [6, 6.07) is 26.0. The van der Waals surface area contributed by atoms with Gasteiger partial charge in [-0.05, 0) is 35.4 Å². The zero-order valence-corrected chi connectivity index (χ0v) is 14.9. The van der Waals surface area contributed by atoms with Gasteiger partial charge in [-0.1, -0.05) is 60.7 Å². The molecule has 0 aromatic heterocycles. The van der Waals surface area contributed by atoms with Crippen molar-refractivity contribution in [1.29, 1.82) is 0 Å². The van der Waals surface area contributed by atoms with E-state index in [9.17, 15) is 9.59 Å². The van der Waals surface area contributed by atoms with Crippen molar-refractivity contribution >= 4 is 11.9 Å². The molecule has 0 saturated carbocycles. The Bertz CT molecular complexity index is 875. The number of esters is 1. The van der Waals surface area contributed by atoms with E-state index >= 15 is 0 Å². The number of hydrogen-bond acceptors (Lipinski definition) is 3. The van der Waals surface area contributed by atoms with Crippen molar-refractivity contribution in [2.45, 2.75) is 13.0 Å². The molecule has 0 atom stereocenters. The van der Waals surface area contributed by atoms with Crippen LogP contribution >= 0.6 is 0 Å². The molecule has 4 nitrogen and oxygen atoms in total. The zero-order chi connectivity index (χ0) is 18.9. The predicted molar refractivity (Wildman–Crippen MR) is 104 cm³/mol. The smallest absolute Gasteiger partial charge is 0.338 e. The lowest BCUT2D eigenvalue weighted by atomic mass is 10.1. The molecule has 4 heteroatoms. The van der Waals surface area contributed by atoms with Gasteiger partial charge < -0.3 is 10.1 Å². The summed E-state index contributed by atoms with van der Waals surface area (Å²) in [5.41, 5.74) is 3.30. The van der Waals surface area contributed by atoms with Gasteiger partial charge in [-0.25, -0.2) is 4.79 Å². The number of rotatable bonds is 7. The van der Waals surface area contributed by atoms with Gasteiger partial charge in [0.15, 0.2) is 0 Å². The lowest BCUT2D eigenvalue weighted by molar-refractivity contribution is 0.0509. The highest BCUT2D eigenvalue weighted by Gasteiger charge is 2.06. The lowest BCUT2D eigenvalue weighted by Crippen LogP contribution is -2.22. The van der Waals surface area contributed by atoms with Gasteiger partial charge in [0.05, 0.1) is 12.2 Å². The summed E-state index contributed by atoms with van der Waals surface area (Å²) in [6.45, 7) is 0.800. The van der Waals surface area contributed by atoms with Crippen molar-refractivity contribution in [3.8, 4) is 0 Å². The molecule has 0 aliphatic heterocycles. The molecule has 3 rings (SSSR count). The molecule has 0 unspecified atom stereocenters. The van der Waals surface area contributed by atoms with E-state index in [-0.39, 0.29) is 11.9 Å². The standard InChI is InChI=1S/C23H21NO3/c25-22(20-7-3-1-4-8-20)24-17-19-13-11-18(12-14-19)15-16-27-23(26)21-9-5-2-6-10-21/h1-14H,15-17H2,(H,24,25). The van der Waals surface area contributed by atoms with Crippen LogP contribution in [0.25, 0.3) is 0 Å². The molecule has 3 aromatic carbocycles. The van der Waals surface area contributed by atoms with E-state index in [0.717, 1.165) is 11.1 Å². The number of carbonyl (C=O) groups excluding carboxylic acids is 2. The molecule has 0 saturated heterocycles. The Morgan fingerprint density at radius 2 is 1.26 bits per heavy atom. The van der Waals surface area contributed by atoms with Crippen molar-refractivity contribution in [1.82, 2.24) is 5.32 Å². The van der Waals surface area contributed by atoms with Gasteiger partial charge in [0, 0.05) is 18.5 Å². The highest BCUT2D eigenvalue weighted by molar-refractivity contribution is 5.94. The maximum atomic E-state index is 12.0. The first kappa shape index (κ1) is 18.4. The minimum atomic E-state index is -0.309. The van der Waals surface area contributed by atoms with Crippen LogP contribution in [0, 0.1) is 0 Å². The largest absolute Gasteiger partial charge is 0.462 e. The molecule has 3 aromatic rings. The lowest BCUT2D eigenvalue weighted by Gasteiger charge is -2.08. The quantitative estimate of drug-likeness (QED) is 0.648. The highest BCUT2D eigenvalue weighted by Crippen LogP contribution is 2.07. The van der Waals surface area contributed by atoms with Crippen molar-refractivity contribution in [2.24, 2.45) is 0 Å². The van der Waals surface area contributed by atoms with Crippen LogP contribution in [-0.4, -0.2) is 18.5 Å². The van der Waals surface area contributed by atoms with Crippen LogP contribution < -0.4 is 5.32 Å². The van der Waals surface area contributed by atoms with E-state index in [1.54, 1.807) is 24.3 Å². The topological polar surface area (TPSA) is 55.4 Å². The van der Waals surface area contributed by atoms with E-state index in [0.29, 0.717) is 30.7 Å². The van der Waals surface area contributed by atoms with Gasteiger partial charge in [-0.2, -0.15) is 0 Å². The molecule has 1 amide bonds. The Kier molecular flexibility index (Phi) is 6.36. The second-order valence-corrected chi connectivity index (χ2v) is 6.12. The van der Waals surface area contributed by atoms with Gasteiger partial charge in [0.2, 0.25) is 0 Å². The summed E-state index contributed by atoms with van der Waals surface area (Å²) in [7, 11) is 0. The van der Waals surface area contributed by atoms with Crippen molar-refractivity contribution in [3.05, 3.63) is 107 Å². The summed E-state index contributed by atoms with van der Waals surface area (Å²) in [5.74, 6) is -0.400. The maximum Gasteiger partial charge on any atom is 0.338 e. The summed E-state index contributed by atoms with van der Waals surface area (Å²) >= 11 is 0. The maximum absolute atomic E-state index is 12.0. The van der Waals surface area contributed by atoms with E-state index < -0.39 is 0 Å². The highest BCUT2D eigenvalue weighted by atomic mass is 16.5. The Morgan fingerprint density at radius 3 is 1.89 bits per heavy atom. The second kappa shape index (κ2) is 9.34. The monoisotopic (exact) mass is 359 g/mol. The molecule has 27 heavy (non-hydrogen) atoms. The Morgan fingerprint density at radius 1 is 0.704 bits per heavy atom. The van der Waals surface area contributed by atoms with E-state index in [4.69, 9.17) is 4.74 Å². The molecular weight excluding hydrogens is 338 g/mol. The molecule has 136 valence electrons. The first-order valence-corrected chi connectivity index (χ1v) is 8.85.